The van der Waals surface area contributed by atoms with Gasteiger partial charge in [0.2, 0.25) is 0 Å². The van der Waals surface area contributed by atoms with E-state index in [-0.39, 0.29) is 18.0 Å². The van der Waals surface area contributed by atoms with Crippen LogP contribution >= 0.6 is 23.2 Å². The summed E-state index contributed by atoms with van der Waals surface area (Å²) in [5, 5.41) is 4.03. The van der Waals surface area contributed by atoms with E-state index in [0.29, 0.717) is 23.1 Å². The number of carbonyl (C=O) groups excluding carboxylic acids is 1. The number of nitrogens with zero attached hydrogens (tertiary/aromatic N) is 2. The van der Waals surface area contributed by atoms with Crippen LogP contribution in [0.25, 0.3) is 11.1 Å². The SMILES string of the molecule is CC(NC(=O)N1CCC(c2nc3ccccc3o2)CC1)c1ccc(Cl)c(Cl)c1. The minimum absolute atomic E-state index is 0.0745. The third-order valence-electron chi connectivity index (χ3n) is 5.23. The van der Waals surface area contributed by atoms with Crippen molar-refractivity contribution in [3.05, 3.63) is 64.0 Å². The molecule has 1 aliphatic heterocycles. The highest BCUT2D eigenvalue weighted by atomic mass is 35.5. The Balaban J connectivity index is 1.35. The van der Waals surface area contributed by atoms with Gasteiger partial charge in [0.05, 0.1) is 16.1 Å². The number of halogens is 2. The van der Waals surface area contributed by atoms with E-state index in [1.165, 1.54) is 0 Å². The molecule has 2 amide bonds. The van der Waals surface area contributed by atoms with Gasteiger partial charge in [-0.05, 0) is 49.6 Å². The summed E-state index contributed by atoms with van der Waals surface area (Å²) in [4.78, 5) is 19.1. The zero-order valence-corrected chi connectivity index (χ0v) is 17.0. The van der Waals surface area contributed by atoms with E-state index in [4.69, 9.17) is 27.6 Å². The van der Waals surface area contributed by atoms with Crippen LogP contribution in [0.5, 0.6) is 0 Å². The lowest BCUT2D eigenvalue weighted by atomic mass is 9.97. The molecular weight excluding hydrogens is 397 g/mol. The van der Waals surface area contributed by atoms with Gasteiger partial charge in [0.15, 0.2) is 11.5 Å². The van der Waals surface area contributed by atoms with Crippen LogP contribution < -0.4 is 5.32 Å². The predicted molar refractivity (Wildman–Crippen MR) is 111 cm³/mol. The molecule has 0 aliphatic carbocycles. The number of oxazole rings is 1. The summed E-state index contributed by atoms with van der Waals surface area (Å²) < 4.78 is 5.89. The van der Waals surface area contributed by atoms with E-state index < -0.39 is 0 Å². The molecule has 0 saturated carbocycles. The summed E-state index contributed by atoms with van der Waals surface area (Å²) in [5.74, 6) is 1.01. The van der Waals surface area contributed by atoms with E-state index in [0.717, 1.165) is 35.4 Å². The van der Waals surface area contributed by atoms with Gasteiger partial charge in [0, 0.05) is 19.0 Å². The third kappa shape index (κ3) is 3.96. The second-order valence-electron chi connectivity index (χ2n) is 7.13. The first kappa shape index (κ1) is 19.1. The van der Waals surface area contributed by atoms with Crippen LogP contribution in [0.4, 0.5) is 4.79 Å². The average Bonchev–Trinajstić information content (AvgIpc) is 3.14. The fraction of sp³-hybridized carbons (Fsp3) is 0.333. The summed E-state index contributed by atoms with van der Waals surface area (Å²) in [7, 11) is 0. The molecule has 1 aromatic heterocycles. The number of amides is 2. The number of nitrogens with one attached hydrogen (secondary N) is 1. The first-order valence-electron chi connectivity index (χ1n) is 9.37. The van der Waals surface area contributed by atoms with Crippen LogP contribution in [0.15, 0.2) is 46.9 Å². The Morgan fingerprint density at radius 2 is 1.93 bits per heavy atom. The van der Waals surface area contributed by atoms with Gasteiger partial charge in [-0.2, -0.15) is 0 Å². The number of likely N-dealkylation sites (tertiary alicyclic amines) is 1. The molecule has 1 aliphatic rings. The Morgan fingerprint density at radius 3 is 2.64 bits per heavy atom. The van der Waals surface area contributed by atoms with Crippen LogP contribution in [-0.2, 0) is 0 Å². The zero-order valence-electron chi connectivity index (χ0n) is 15.5. The Bertz CT molecular complexity index is 963. The van der Waals surface area contributed by atoms with Gasteiger partial charge in [-0.1, -0.05) is 41.4 Å². The number of hydrogen-bond donors (Lipinski definition) is 1. The molecule has 1 N–H and O–H groups in total. The Hall–Kier alpha value is -2.24. The van der Waals surface area contributed by atoms with E-state index in [2.05, 4.69) is 10.3 Å². The second-order valence-corrected chi connectivity index (χ2v) is 7.94. The number of rotatable bonds is 3. The van der Waals surface area contributed by atoms with E-state index in [1.54, 1.807) is 12.1 Å². The summed E-state index contributed by atoms with van der Waals surface area (Å²) in [6.45, 7) is 3.27. The number of carbonyl (C=O) groups is 1. The zero-order chi connectivity index (χ0) is 19.7. The monoisotopic (exact) mass is 417 g/mol. The minimum atomic E-state index is -0.156. The van der Waals surface area contributed by atoms with Gasteiger partial charge in [-0.3, -0.25) is 0 Å². The molecule has 0 bridgehead atoms. The number of benzene rings is 2. The molecule has 2 aromatic carbocycles. The number of aromatic nitrogens is 1. The fourth-order valence-corrected chi connectivity index (χ4v) is 3.84. The number of urea groups is 1. The summed E-state index contributed by atoms with van der Waals surface area (Å²) in [6.07, 6.45) is 1.67. The number of fused-ring (bicyclic) bond motifs is 1. The summed E-state index contributed by atoms with van der Waals surface area (Å²) in [5.41, 5.74) is 2.62. The van der Waals surface area contributed by atoms with Crippen molar-refractivity contribution in [2.75, 3.05) is 13.1 Å². The maximum atomic E-state index is 12.6. The largest absolute Gasteiger partial charge is 0.440 e. The van der Waals surface area contributed by atoms with Crippen molar-refractivity contribution in [3.63, 3.8) is 0 Å². The Kier molecular flexibility index (Phi) is 5.47. The summed E-state index contributed by atoms with van der Waals surface area (Å²) in [6, 6.07) is 13.0. The molecule has 4 rings (SSSR count). The molecule has 5 nitrogen and oxygen atoms in total. The third-order valence-corrected chi connectivity index (χ3v) is 5.96. The highest BCUT2D eigenvalue weighted by Crippen LogP contribution is 2.30. The normalized spacial score (nSPS) is 16.3. The molecule has 2 heterocycles. The number of para-hydroxylation sites is 2. The van der Waals surface area contributed by atoms with Crippen LogP contribution in [0.2, 0.25) is 10.0 Å². The highest BCUT2D eigenvalue weighted by Gasteiger charge is 2.27. The standard InChI is InChI=1S/C21H21Cl2N3O2/c1-13(15-6-7-16(22)17(23)12-15)24-21(27)26-10-8-14(9-11-26)20-25-18-4-2-3-5-19(18)28-20/h2-7,12-14H,8-11H2,1H3,(H,24,27). The van der Waals surface area contributed by atoms with E-state index >= 15 is 0 Å². The van der Waals surface area contributed by atoms with Gasteiger partial charge >= 0.3 is 6.03 Å². The molecule has 1 fully saturated rings. The van der Waals surface area contributed by atoms with Crippen molar-refractivity contribution in [1.29, 1.82) is 0 Å². The molecule has 1 saturated heterocycles. The van der Waals surface area contributed by atoms with Gasteiger partial charge < -0.3 is 14.6 Å². The van der Waals surface area contributed by atoms with Gasteiger partial charge in [0.25, 0.3) is 0 Å². The van der Waals surface area contributed by atoms with Crippen LogP contribution in [-0.4, -0.2) is 29.0 Å². The van der Waals surface area contributed by atoms with Crippen LogP contribution in [0, 0.1) is 0 Å². The smallest absolute Gasteiger partial charge is 0.317 e. The number of hydrogen-bond acceptors (Lipinski definition) is 3. The highest BCUT2D eigenvalue weighted by molar-refractivity contribution is 6.42. The number of piperidine rings is 1. The fourth-order valence-electron chi connectivity index (χ4n) is 3.54. The maximum Gasteiger partial charge on any atom is 0.317 e. The maximum absolute atomic E-state index is 12.6. The second kappa shape index (κ2) is 8.02. The predicted octanol–water partition coefficient (Wildman–Crippen LogP) is 5.78. The molecule has 0 spiro atoms. The van der Waals surface area contributed by atoms with Crippen molar-refractivity contribution in [2.24, 2.45) is 0 Å². The first-order chi connectivity index (χ1) is 13.5. The molecule has 7 heteroatoms. The van der Waals surface area contributed by atoms with Crippen molar-refractivity contribution >= 4 is 40.3 Å². The molecule has 146 valence electrons. The topological polar surface area (TPSA) is 58.4 Å². The molecule has 3 aromatic rings. The van der Waals surface area contributed by atoms with Crippen molar-refractivity contribution in [3.8, 4) is 0 Å². The van der Waals surface area contributed by atoms with Crippen molar-refractivity contribution < 1.29 is 9.21 Å². The van der Waals surface area contributed by atoms with Crippen molar-refractivity contribution in [1.82, 2.24) is 15.2 Å². The molecular formula is C21H21Cl2N3O2. The van der Waals surface area contributed by atoms with Gasteiger partial charge in [0.1, 0.15) is 5.52 Å². The van der Waals surface area contributed by atoms with E-state index in [9.17, 15) is 4.79 Å². The summed E-state index contributed by atoms with van der Waals surface area (Å²) >= 11 is 12.0. The van der Waals surface area contributed by atoms with E-state index in [1.807, 2.05) is 42.2 Å². The van der Waals surface area contributed by atoms with Crippen LogP contribution in [0.3, 0.4) is 0 Å². The first-order valence-corrected chi connectivity index (χ1v) is 10.1. The lowest BCUT2D eigenvalue weighted by Gasteiger charge is -2.31. The molecule has 1 unspecified atom stereocenters. The quantitative estimate of drug-likeness (QED) is 0.586. The van der Waals surface area contributed by atoms with Gasteiger partial charge in [-0.15, -0.1) is 0 Å². The average molecular weight is 418 g/mol. The van der Waals surface area contributed by atoms with Crippen LogP contribution in [0.1, 0.15) is 43.2 Å². The minimum Gasteiger partial charge on any atom is -0.440 e. The van der Waals surface area contributed by atoms with Gasteiger partial charge in [-0.25, -0.2) is 9.78 Å². The Morgan fingerprint density at radius 1 is 1.18 bits per heavy atom. The Labute approximate surface area is 173 Å². The molecule has 0 radical (unpaired) electrons. The molecule has 28 heavy (non-hydrogen) atoms. The van der Waals surface area contributed by atoms with Crippen molar-refractivity contribution in [2.45, 2.75) is 31.7 Å². The molecule has 1 atom stereocenters. The lowest BCUT2D eigenvalue weighted by molar-refractivity contribution is 0.174. The lowest BCUT2D eigenvalue weighted by Crippen LogP contribution is -2.44.